The molecule has 0 fully saturated rings. The fourth-order valence-electron chi connectivity index (χ4n) is 1.51. The highest BCUT2D eigenvalue weighted by atomic mass is 15.1. The Hall–Kier alpha value is -1.85. The molecule has 0 aromatic heterocycles. The number of nitriles is 1. The summed E-state index contributed by atoms with van der Waals surface area (Å²) in [4.78, 5) is 2.22. The zero-order valence-corrected chi connectivity index (χ0v) is 9.39. The Morgan fingerprint density at radius 1 is 1.12 bits per heavy atom. The summed E-state index contributed by atoms with van der Waals surface area (Å²) in [5.41, 5.74) is 1.89. The fraction of sp³-hybridized carbons (Fsp3) is 0.214. The van der Waals surface area contributed by atoms with Crippen molar-refractivity contribution >= 4 is 0 Å². The normalized spacial score (nSPS) is 9.75. The maximum absolute atomic E-state index is 8.69. The van der Waals surface area contributed by atoms with E-state index < -0.39 is 0 Å². The van der Waals surface area contributed by atoms with Gasteiger partial charge in [-0.05, 0) is 17.7 Å². The van der Waals surface area contributed by atoms with Gasteiger partial charge in [-0.25, -0.2) is 0 Å². The van der Waals surface area contributed by atoms with Gasteiger partial charge in [-0.2, -0.15) is 5.26 Å². The molecule has 16 heavy (non-hydrogen) atoms. The molecule has 0 amide bonds. The number of rotatable bonds is 6. The van der Waals surface area contributed by atoms with Gasteiger partial charge >= 0.3 is 0 Å². The summed E-state index contributed by atoms with van der Waals surface area (Å²) in [6.07, 6.45) is 3.76. The van der Waals surface area contributed by atoms with E-state index in [4.69, 9.17) is 5.26 Å². The molecule has 0 aliphatic carbocycles. The zero-order chi connectivity index (χ0) is 11.8. The van der Waals surface area contributed by atoms with Crippen molar-refractivity contribution in [3.8, 4) is 6.07 Å². The maximum Gasteiger partial charge on any atom is 0.0991 e. The molecule has 0 N–H and O–H groups in total. The third-order valence-corrected chi connectivity index (χ3v) is 2.26. The summed E-state index contributed by atoms with van der Waals surface area (Å²) in [6, 6.07) is 9.76. The van der Waals surface area contributed by atoms with E-state index in [1.54, 1.807) is 0 Å². The minimum Gasteiger partial charge on any atom is -0.292 e. The molecule has 1 rings (SSSR count). The van der Waals surface area contributed by atoms with Crippen molar-refractivity contribution in [1.29, 1.82) is 5.26 Å². The minimum absolute atomic E-state index is 0.697. The van der Waals surface area contributed by atoms with Crippen LogP contribution in [0.1, 0.15) is 11.1 Å². The van der Waals surface area contributed by atoms with Gasteiger partial charge < -0.3 is 0 Å². The van der Waals surface area contributed by atoms with Crippen molar-refractivity contribution in [3.63, 3.8) is 0 Å². The van der Waals surface area contributed by atoms with E-state index in [2.05, 4.69) is 24.1 Å². The molecular formula is C14H16N2. The molecule has 0 radical (unpaired) electrons. The van der Waals surface area contributed by atoms with Crippen LogP contribution in [0.25, 0.3) is 0 Å². The number of benzene rings is 1. The van der Waals surface area contributed by atoms with Crippen molar-refractivity contribution in [2.45, 2.75) is 6.54 Å². The lowest BCUT2D eigenvalue weighted by molar-refractivity contribution is 0.328. The van der Waals surface area contributed by atoms with Crippen LogP contribution in [0, 0.1) is 11.3 Å². The first-order chi connectivity index (χ1) is 7.80. The lowest BCUT2D eigenvalue weighted by Crippen LogP contribution is -2.23. The summed E-state index contributed by atoms with van der Waals surface area (Å²) < 4.78 is 0. The number of hydrogen-bond acceptors (Lipinski definition) is 2. The van der Waals surface area contributed by atoms with Gasteiger partial charge in [-0.1, -0.05) is 24.3 Å². The quantitative estimate of drug-likeness (QED) is 0.678. The lowest BCUT2D eigenvalue weighted by atomic mass is 10.1. The van der Waals surface area contributed by atoms with Gasteiger partial charge in [0.1, 0.15) is 0 Å². The molecule has 0 bridgehead atoms. The monoisotopic (exact) mass is 212 g/mol. The predicted octanol–water partition coefficient (Wildman–Crippen LogP) is 2.73. The van der Waals surface area contributed by atoms with E-state index in [1.165, 1.54) is 5.56 Å². The average molecular weight is 212 g/mol. The maximum atomic E-state index is 8.69. The zero-order valence-electron chi connectivity index (χ0n) is 9.39. The summed E-state index contributed by atoms with van der Waals surface area (Å²) in [6.45, 7) is 9.99. The van der Waals surface area contributed by atoms with Crippen molar-refractivity contribution in [2.75, 3.05) is 13.1 Å². The molecule has 0 atom stereocenters. The smallest absolute Gasteiger partial charge is 0.0991 e. The molecule has 0 saturated carbocycles. The van der Waals surface area contributed by atoms with Crippen LogP contribution in [0.3, 0.4) is 0 Å². The molecule has 0 spiro atoms. The molecule has 82 valence electrons. The molecule has 0 aliphatic rings. The van der Waals surface area contributed by atoms with Gasteiger partial charge in [0.15, 0.2) is 0 Å². The minimum atomic E-state index is 0.697. The topological polar surface area (TPSA) is 27.0 Å². The summed E-state index contributed by atoms with van der Waals surface area (Å²) >= 11 is 0. The fourth-order valence-corrected chi connectivity index (χ4v) is 1.51. The molecule has 2 nitrogen and oxygen atoms in total. The average Bonchev–Trinajstić information content (AvgIpc) is 2.31. The van der Waals surface area contributed by atoms with Crippen LogP contribution in [-0.2, 0) is 6.54 Å². The second-order valence-corrected chi connectivity index (χ2v) is 3.58. The summed E-state index contributed by atoms with van der Waals surface area (Å²) in [5, 5.41) is 8.69. The molecule has 0 aliphatic heterocycles. The molecule has 0 heterocycles. The van der Waals surface area contributed by atoms with Crippen LogP contribution in [0.15, 0.2) is 49.6 Å². The first kappa shape index (κ1) is 12.2. The Kier molecular flexibility index (Phi) is 5.04. The first-order valence-electron chi connectivity index (χ1n) is 5.23. The highest BCUT2D eigenvalue weighted by Crippen LogP contribution is 2.07. The van der Waals surface area contributed by atoms with Gasteiger partial charge in [0.2, 0.25) is 0 Å². The van der Waals surface area contributed by atoms with E-state index in [0.29, 0.717) is 5.56 Å². The van der Waals surface area contributed by atoms with Gasteiger partial charge in [-0.15, -0.1) is 13.2 Å². The van der Waals surface area contributed by atoms with Crippen molar-refractivity contribution < 1.29 is 0 Å². The van der Waals surface area contributed by atoms with Crippen LogP contribution in [0.5, 0.6) is 0 Å². The standard InChI is InChI=1S/C14H16N2/c1-3-9-16(10-4-2)12-14-7-5-13(11-15)6-8-14/h3-8H,1-2,9-10,12H2. The Morgan fingerprint density at radius 3 is 2.12 bits per heavy atom. The third kappa shape index (κ3) is 3.72. The van der Waals surface area contributed by atoms with Gasteiger partial charge in [0.25, 0.3) is 0 Å². The third-order valence-electron chi connectivity index (χ3n) is 2.26. The molecular weight excluding hydrogens is 196 g/mol. The van der Waals surface area contributed by atoms with E-state index in [9.17, 15) is 0 Å². The Balaban J connectivity index is 2.65. The SMILES string of the molecule is C=CCN(CC=C)Cc1ccc(C#N)cc1. The van der Waals surface area contributed by atoms with Crippen molar-refractivity contribution in [2.24, 2.45) is 0 Å². The Labute approximate surface area is 97.1 Å². The highest BCUT2D eigenvalue weighted by Gasteiger charge is 2.02. The second kappa shape index (κ2) is 6.60. The van der Waals surface area contributed by atoms with Crippen LogP contribution in [0.2, 0.25) is 0 Å². The predicted molar refractivity (Wildman–Crippen MR) is 66.8 cm³/mol. The van der Waals surface area contributed by atoms with E-state index in [-0.39, 0.29) is 0 Å². The molecule has 1 aromatic rings. The second-order valence-electron chi connectivity index (χ2n) is 3.58. The number of nitrogens with zero attached hydrogens (tertiary/aromatic N) is 2. The Bertz CT molecular complexity index is 374. The summed E-state index contributed by atoms with van der Waals surface area (Å²) in [5.74, 6) is 0. The lowest BCUT2D eigenvalue weighted by Gasteiger charge is -2.18. The molecule has 1 aromatic carbocycles. The summed E-state index contributed by atoms with van der Waals surface area (Å²) in [7, 11) is 0. The van der Waals surface area contributed by atoms with Gasteiger partial charge in [-0.3, -0.25) is 4.90 Å². The van der Waals surface area contributed by atoms with Crippen molar-refractivity contribution in [1.82, 2.24) is 4.90 Å². The van der Waals surface area contributed by atoms with Crippen molar-refractivity contribution in [3.05, 3.63) is 60.7 Å². The van der Waals surface area contributed by atoms with Gasteiger partial charge in [0.05, 0.1) is 11.6 Å². The van der Waals surface area contributed by atoms with Gasteiger partial charge in [0, 0.05) is 19.6 Å². The molecule has 0 unspecified atom stereocenters. The van der Waals surface area contributed by atoms with E-state index in [1.807, 2.05) is 36.4 Å². The highest BCUT2D eigenvalue weighted by molar-refractivity contribution is 5.31. The molecule has 0 saturated heterocycles. The Morgan fingerprint density at radius 2 is 1.69 bits per heavy atom. The number of hydrogen-bond donors (Lipinski definition) is 0. The largest absolute Gasteiger partial charge is 0.292 e. The van der Waals surface area contributed by atoms with Crippen LogP contribution in [0.4, 0.5) is 0 Å². The van der Waals surface area contributed by atoms with Crippen LogP contribution < -0.4 is 0 Å². The van der Waals surface area contributed by atoms with Crippen LogP contribution in [-0.4, -0.2) is 18.0 Å². The molecule has 2 heteroatoms. The van der Waals surface area contributed by atoms with E-state index >= 15 is 0 Å². The van der Waals surface area contributed by atoms with E-state index in [0.717, 1.165) is 19.6 Å². The first-order valence-corrected chi connectivity index (χ1v) is 5.23. The van der Waals surface area contributed by atoms with Crippen LogP contribution >= 0.6 is 0 Å².